The van der Waals surface area contributed by atoms with Gasteiger partial charge in [0.25, 0.3) is 0 Å². The van der Waals surface area contributed by atoms with Crippen LogP contribution in [0.3, 0.4) is 0 Å². The summed E-state index contributed by atoms with van der Waals surface area (Å²) in [6.45, 7) is 6.96. The van der Waals surface area contributed by atoms with Gasteiger partial charge in [-0.05, 0) is 40.0 Å². The molecule has 0 heterocycles. The van der Waals surface area contributed by atoms with Crippen LogP contribution in [0.5, 0.6) is 0 Å². The number of benzene rings is 1. The van der Waals surface area contributed by atoms with Gasteiger partial charge in [-0.1, -0.05) is 27.2 Å². The lowest BCUT2D eigenvalue weighted by Gasteiger charge is -2.24. The number of nitrogens with two attached hydrogens (primary N) is 1. The third-order valence-electron chi connectivity index (χ3n) is 3.14. The molecule has 0 radical (unpaired) electrons. The molecule has 1 aromatic carbocycles. The lowest BCUT2D eigenvalue weighted by molar-refractivity contribution is 0.361. The van der Waals surface area contributed by atoms with Gasteiger partial charge in [0.1, 0.15) is 0 Å². The van der Waals surface area contributed by atoms with Gasteiger partial charge in [-0.15, -0.1) is 0 Å². The van der Waals surface area contributed by atoms with Crippen LogP contribution in [0.4, 0.5) is 5.69 Å². The van der Waals surface area contributed by atoms with Gasteiger partial charge in [0.15, 0.2) is 0 Å². The van der Waals surface area contributed by atoms with Crippen molar-refractivity contribution < 1.29 is 8.42 Å². The fourth-order valence-corrected chi connectivity index (χ4v) is 4.36. The van der Waals surface area contributed by atoms with Crippen molar-refractivity contribution in [1.82, 2.24) is 4.31 Å². The Morgan fingerprint density at radius 1 is 1.37 bits per heavy atom. The fourth-order valence-electron chi connectivity index (χ4n) is 1.74. The average molecular weight is 349 g/mol. The van der Waals surface area contributed by atoms with Crippen molar-refractivity contribution in [3.8, 4) is 0 Å². The zero-order valence-corrected chi connectivity index (χ0v) is 14.0. The predicted octanol–water partition coefficient (Wildman–Crippen LogP) is 3.09. The van der Waals surface area contributed by atoms with Crippen LogP contribution in [0.15, 0.2) is 27.6 Å². The largest absolute Gasteiger partial charge is 0.399 e. The highest BCUT2D eigenvalue weighted by Gasteiger charge is 2.26. The molecule has 0 aliphatic carbocycles. The molecule has 1 unspecified atom stereocenters. The predicted molar refractivity (Wildman–Crippen MR) is 82.4 cm³/mol. The van der Waals surface area contributed by atoms with Crippen molar-refractivity contribution in [2.45, 2.75) is 32.1 Å². The number of hydrogen-bond donors (Lipinski definition) is 1. The molecule has 1 rings (SSSR count). The lowest BCUT2D eigenvalue weighted by atomic mass is 10.1. The number of halogens is 1. The molecule has 1 atom stereocenters. The summed E-state index contributed by atoms with van der Waals surface area (Å²) in [5.41, 5.74) is 6.18. The first-order chi connectivity index (χ1) is 8.82. The summed E-state index contributed by atoms with van der Waals surface area (Å²) in [5, 5.41) is 0. The Morgan fingerprint density at radius 2 is 2.00 bits per heavy atom. The second-order valence-electron chi connectivity index (χ2n) is 4.66. The molecule has 0 amide bonds. The van der Waals surface area contributed by atoms with E-state index in [0.717, 1.165) is 6.42 Å². The van der Waals surface area contributed by atoms with E-state index < -0.39 is 10.0 Å². The van der Waals surface area contributed by atoms with Crippen LogP contribution in [0.1, 0.15) is 27.2 Å². The summed E-state index contributed by atoms with van der Waals surface area (Å²) < 4.78 is 27.2. The zero-order chi connectivity index (χ0) is 14.6. The molecule has 0 aromatic heterocycles. The second-order valence-corrected chi connectivity index (χ2v) is 7.42. The molecular weight excluding hydrogens is 328 g/mol. The molecule has 0 saturated carbocycles. The summed E-state index contributed by atoms with van der Waals surface area (Å²) >= 11 is 3.28. The third kappa shape index (κ3) is 3.94. The van der Waals surface area contributed by atoms with E-state index in [1.54, 1.807) is 18.2 Å². The van der Waals surface area contributed by atoms with Crippen LogP contribution >= 0.6 is 15.9 Å². The minimum atomic E-state index is -3.47. The molecule has 19 heavy (non-hydrogen) atoms. The highest BCUT2D eigenvalue weighted by atomic mass is 79.9. The number of anilines is 1. The van der Waals surface area contributed by atoms with E-state index in [1.165, 1.54) is 4.31 Å². The molecule has 4 nitrogen and oxygen atoms in total. The molecule has 0 aliphatic heterocycles. The van der Waals surface area contributed by atoms with Crippen molar-refractivity contribution in [3.05, 3.63) is 22.7 Å². The van der Waals surface area contributed by atoms with Crippen molar-refractivity contribution in [2.75, 3.05) is 18.8 Å². The summed E-state index contributed by atoms with van der Waals surface area (Å²) in [7, 11) is -3.47. The molecule has 6 heteroatoms. The van der Waals surface area contributed by atoms with Gasteiger partial charge in [0, 0.05) is 23.2 Å². The second kappa shape index (κ2) is 6.72. The van der Waals surface area contributed by atoms with E-state index in [4.69, 9.17) is 5.73 Å². The monoisotopic (exact) mass is 348 g/mol. The summed E-state index contributed by atoms with van der Waals surface area (Å²) in [6.07, 6.45) is 0.953. The van der Waals surface area contributed by atoms with E-state index in [-0.39, 0.29) is 4.90 Å². The third-order valence-corrected chi connectivity index (χ3v) is 6.06. The number of nitrogen functional groups attached to an aromatic ring is 1. The first-order valence-electron chi connectivity index (χ1n) is 6.38. The lowest BCUT2D eigenvalue weighted by Crippen LogP contribution is -2.34. The molecule has 1 aromatic rings. The highest BCUT2D eigenvalue weighted by molar-refractivity contribution is 9.10. The Hall–Kier alpha value is -0.590. The minimum Gasteiger partial charge on any atom is -0.399 e. The summed E-state index contributed by atoms with van der Waals surface area (Å²) in [4.78, 5) is 0.270. The Kier molecular flexibility index (Phi) is 5.82. The first-order valence-corrected chi connectivity index (χ1v) is 8.61. The molecule has 0 saturated heterocycles. The molecule has 0 fully saturated rings. The van der Waals surface area contributed by atoms with Crippen LogP contribution in [0, 0.1) is 5.92 Å². The molecule has 0 spiro atoms. The molecule has 0 aliphatic rings. The molecule has 0 bridgehead atoms. The van der Waals surface area contributed by atoms with Crippen LogP contribution in [0.2, 0.25) is 0 Å². The normalized spacial score (nSPS) is 13.7. The van der Waals surface area contributed by atoms with E-state index in [2.05, 4.69) is 29.8 Å². The van der Waals surface area contributed by atoms with E-state index in [0.29, 0.717) is 29.2 Å². The zero-order valence-electron chi connectivity index (χ0n) is 11.6. The number of nitrogens with zero attached hydrogens (tertiary/aromatic N) is 1. The Balaban J connectivity index is 3.13. The number of hydrogen-bond acceptors (Lipinski definition) is 3. The van der Waals surface area contributed by atoms with Gasteiger partial charge in [0.05, 0.1) is 4.90 Å². The maximum Gasteiger partial charge on any atom is 0.244 e. The maximum atomic E-state index is 12.6. The minimum absolute atomic E-state index is 0.270. The standard InChI is InChI=1S/C13H21BrN2O2S/c1-4-10(3)9-16(5-2)19(17,18)13-7-6-11(15)8-12(13)14/h6-8,10H,4-5,9,15H2,1-3H3. The van der Waals surface area contributed by atoms with Gasteiger partial charge in [-0.25, -0.2) is 8.42 Å². The van der Waals surface area contributed by atoms with Crippen LogP contribution in [-0.4, -0.2) is 25.8 Å². The van der Waals surface area contributed by atoms with Crippen molar-refractivity contribution in [2.24, 2.45) is 5.92 Å². The highest BCUT2D eigenvalue weighted by Crippen LogP contribution is 2.27. The molecular formula is C13H21BrN2O2S. The van der Waals surface area contributed by atoms with Crippen LogP contribution in [0.25, 0.3) is 0 Å². The van der Waals surface area contributed by atoms with E-state index in [1.807, 2.05) is 6.92 Å². The van der Waals surface area contributed by atoms with Crippen molar-refractivity contribution >= 4 is 31.6 Å². The summed E-state index contributed by atoms with van der Waals surface area (Å²) in [5.74, 6) is 0.335. The smallest absolute Gasteiger partial charge is 0.244 e. The fraction of sp³-hybridized carbons (Fsp3) is 0.538. The Morgan fingerprint density at radius 3 is 2.47 bits per heavy atom. The van der Waals surface area contributed by atoms with E-state index >= 15 is 0 Å². The van der Waals surface area contributed by atoms with Crippen LogP contribution < -0.4 is 5.73 Å². The van der Waals surface area contributed by atoms with Crippen LogP contribution in [-0.2, 0) is 10.0 Å². The van der Waals surface area contributed by atoms with E-state index in [9.17, 15) is 8.42 Å². The molecule has 108 valence electrons. The molecule has 2 N–H and O–H groups in total. The van der Waals surface area contributed by atoms with Crippen molar-refractivity contribution in [3.63, 3.8) is 0 Å². The van der Waals surface area contributed by atoms with Gasteiger partial charge in [0.2, 0.25) is 10.0 Å². The number of rotatable bonds is 6. The topological polar surface area (TPSA) is 63.4 Å². The SMILES string of the molecule is CCC(C)CN(CC)S(=O)(=O)c1ccc(N)cc1Br. The Bertz CT molecular complexity index is 531. The summed E-state index contributed by atoms with van der Waals surface area (Å²) in [6, 6.07) is 4.77. The van der Waals surface area contributed by atoms with Gasteiger partial charge >= 0.3 is 0 Å². The van der Waals surface area contributed by atoms with Crippen molar-refractivity contribution in [1.29, 1.82) is 0 Å². The Labute approximate surface area is 124 Å². The van der Waals surface area contributed by atoms with Gasteiger partial charge in [-0.2, -0.15) is 4.31 Å². The first kappa shape index (κ1) is 16.5. The number of sulfonamides is 1. The van der Waals surface area contributed by atoms with Gasteiger partial charge < -0.3 is 5.73 Å². The van der Waals surface area contributed by atoms with Gasteiger partial charge in [-0.3, -0.25) is 0 Å². The quantitative estimate of drug-likeness (QED) is 0.803. The average Bonchev–Trinajstić information content (AvgIpc) is 2.34. The maximum absolute atomic E-state index is 12.6.